The number of halogens is 1. The van der Waals surface area contributed by atoms with Gasteiger partial charge in [0.25, 0.3) is 5.88 Å². The molecular formula is C17H12FN5O2. The van der Waals surface area contributed by atoms with Gasteiger partial charge in [-0.15, -0.1) is 0 Å². The maximum absolute atomic E-state index is 13.2. The molecule has 0 atom stereocenters. The monoisotopic (exact) mass is 337 g/mol. The van der Waals surface area contributed by atoms with Gasteiger partial charge in [0.1, 0.15) is 17.7 Å². The maximum atomic E-state index is 13.2. The molecule has 0 radical (unpaired) electrons. The van der Waals surface area contributed by atoms with E-state index in [0.717, 1.165) is 11.8 Å². The van der Waals surface area contributed by atoms with Crippen molar-refractivity contribution in [3.05, 3.63) is 66.3 Å². The van der Waals surface area contributed by atoms with Crippen LogP contribution >= 0.6 is 0 Å². The first kappa shape index (κ1) is 15.0. The van der Waals surface area contributed by atoms with Crippen molar-refractivity contribution in [3.8, 4) is 28.8 Å². The van der Waals surface area contributed by atoms with Crippen molar-refractivity contribution in [2.45, 2.75) is 6.54 Å². The molecular weight excluding hydrogens is 325 g/mol. The van der Waals surface area contributed by atoms with Gasteiger partial charge in [0.15, 0.2) is 5.82 Å². The zero-order valence-corrected chi connectivity index (χ0v) is 12.9. The third-order valence-electron chi connectivity index (χ3n) is 3.61. The average molecular weight is 337 g/mol. The fourth-order valence-corrected chi connectivity index (χ4v) is 2.44. The number of hydrogen-bond donors (Lipinski definition) is 1. The van der Waals surface area contributed by atoms with Crippen LogP contribution in [0.2, 0.25) is 0 Å². The molecule has 3 heterocycles. The molecule has 0 saturated heterocycles. The second-order valence-electron chi connectivity index (χ2n) is 5.31. The van der Waals surface area contributed by atoms with Gasteiger partial charge in [-0.1, -0.05) is 35.5 Å². The standard InChI is InChI=1S/C17H12FN5O2/c18-12-9-19-16(20-17(12)24)14-8-15(13-6-7-25-22-13)23(21-14)10-11-4-2-1-3-5-11/h1-9H,10H2,(H,19,20,24). The Labute approximate surface area is 141 Å². The summed E-state index contributed by atoms with van der Waals surface area (Å²) in [6.45, 7) is 0.496. The zero-order valence-electron chi connectivity index (χ0n) is 12.9. The Morgan fingerprint density at radius 3 is 2.68 bits per heavy atom. The molecule has 0 aliphatic rings. The summed E-state index contributed by atoms with van der Waals surface area (Å²) in [7, 11) is 0. The summed E-state index contributed by atoms with van der Waals surface area (Å²) in [4.78, 5) is 7.62. The SMILES string of the molecule is Oc1nc(-c2cc(-c3ccon3)n(Cc3ccccc3)n2)ncc1F. The van der Waals surface area contributed by atoms with Gasteiger partial charge in [-0.3, -0.25) is 4.68 Å². The van der Waals surface area contributed by atoms with E-state index in [0.29, 0.717) is 23.6 Å². The van der Waals surface area contributed by atoms with Crippen molar-refractivity contribution in [2.75, 3.05) is 0 Å². The lowest BCUT2D eigenvalue weighted by molar-refractivity contribution is 0.409. The van der Waals surface area contributed by atoms with E-state index >= 15 is 0 Å². The molecule has 0 aliphatic heterocycles. The summed E-state index contributed by atoms with van der Waals surface area (Å²) < 4.78 is 19.8. The van der Waals surface area contributed by atoms with Crippen LogP contribution < -0.4 is 0 Å². The molecule has 3 aromatic heterocycles. The van der Waals surface area contributed by atoms with Crippen LogP contribution in [0, 0.1) is 5.82 Å². The smallest absolute Gasteiger partial charge is 0.251 e. The zero-order chi connectivity index (χ0) is 17.2. The molecule has 0 spiro atoms. The van der Waals surface area contributed by atoms with E-state index in [1.165, 1.54) is 6.26 Å². The van der Waals surface area contributed by atoms with Crippen LogP contribution in [0.4, 0.5) is 4.39 Å². The lowest BCUT2D eigenvalue weighted by Crippen LogP contribution is -2.04. The van der Waals surface area contributed by atoms with Crippen LogP contribution in [0.5, 0.6) is 5.88 Å². The molecule has 0 aliphatic carbocycles. The molecule has 0 amide bonds. The fourth-order valence-electron chi connectivity index (χ4n) is 2.44. The number of nitrogens with zero attached hydrogens (tertiary/aromatic N) is 5. The lowest BCUT2D eigenvalue weighted by atomic mass is 10.2. The first-order valence-electron chi connectivity index (χ1n) is 7.45. The Hall–Kier alpha value is -3.55. The van der Waals surface area contributed by atoms with Gasteiger partial charge in [-0.2, -0.15) is 14.5 Å². The molecule has 8 heteroatoms. The van der Waals surface area contributed by atoms with E-state index in [-0.39, 0.29) is 5.82 Å². The Kier molecular flexibility index (Phi) is 3.70. The van der Waals surface area contributed by atoms with Crippen LogP contribution in [0.3, 0.4) is 0 Å². The third kappa shape index (κ3) is 2.97. The molecule has 1 N–H and O–H groups in total. The fraction of sp³-hybridized carbons (Fsp3) is 0.0588. The first-order chi connectivity index (χ1) is 12.2. The number of aromatic nitrogens is 5. The Balaban J connectivity index is 1.79. The normalized spacial score (nSPS) is 10.9. The van der Waals surface area contributed by atoms with Crippen LogP contribution in [-0.4, -0.2) is 30.0 Å². The molecule has 4 aromatic rings. The summed E-state index contributed by atoms with van der Waals surface area (Å²) >= 11 is 0. The second-order valence-corrected chi connectivity index (χ2v) is 5.31. The largest absolute Gasteiger partial charge is 0.491 e. The predicted octanol–water partition coefficient (Wildman–Crippen LogP) is 2.89. The van der Waals surface area contributed by atoms with Crippen LogP contribution in [-0.2, 0) is 6.54 Å². The minimum absolute atomic E-state index is 0.121. The number of benzene rings is 1. The Morgan fingerprint density at radius 1 is 1.12 bits per heavy atom. The van der Waals surface area contributed by atoms with Gasteiger partial charge in [-0.25, -0.2) is 4.98 Å². The van der Waals surface area contributed by atoms with Crippen molar-refractivity contribution in [1.29, 1.82) is 0 Å². The van der Waals surface area contributed by atoms with Gasteiger partial charge >= 0.3 is 0 Å². The molecule has 1 aromatic carbocycles. The molecule has 0 fully saturated rings. The van der Waals surface area contributed by atoms with Gasteiger partial charge < -0.3 is 9.63 Å². The maximum Gasteiger partial charge on any atom is 0.251 e. The van der Waals surface area contributed by atoms with Crippen LogP contribution in [0.1, 0.15) is 5.56 Å². The molecule has 0 saturated carbocycles. The number of rotatable bonds is 4. The van der Waals surface area contributed by atoms with E-state index in [1.807, 2.05) is 30.3 Å². The highest BCUT2D eigenvalue weighted by Gasteiger charge is 2.17. The van der Waals surface area contributed by atoms with E-state index < -0.39 is 11.7 Å². The van der Waals surface area contributed by atoms with Crippen LogP contribution in [0.15, 0.2) is 59.4 Å². The number of hydrogen-bond acceptors (Lipinski definition) is 6. The Morgan fingerprint density at radius 2 is 1.96 bits per heavy atom. The second kappa shape index (κ2) is 6.16. The van der Waals surface area contributed by atoms with Crippen molar-refractivity contribution in [1.82, 2.24) is 24.9 Å². The number of aromatic hydroxyl groups is 1. The summed E-state index contributed by atoms with van der Waals surface area (Å²) in [6, 6.07) is 13.2. The highest BCUT2D eigenvalue weighted by molar-refractivity contribution is 5.62. The lowest BCUT2D eigenvalue weighted by Gasteiger charge is -2.05. The molecule has 7 nitrogen and oxygen atoms in total. The summed E-state index contributed by atoms with van der Waals surface area (Å²) in [5.41, 5.74) is 2.73. The average Bonchev–Trinajstić information content (AvgIpc) is 3.28. The minimum Gasteiger partial charge on any atom is -0.491 e. The van der Waals surface area contributed by atoms with Crippen molar-refractivity contribution in [3.63, 3.8) is 0 Å². The highest BCUT2D eigenvalue weighted by atomic mass is 19.1. The van der Waals surface area contributed by atoms with E-state index in [2.05, 4.69) is 20.2 Å². The topological polar surface area (TPSA) is 89.9 Å². The third-order valence-corrected chi connectivity index (χ3v) is 3.61. The van der Waals surface area contributed by atoms with Crippen molar-refractivity contribution in [2.24, 2.45) is 0 Å². The molecule has 124 valence electrons. The molecule has 0 bridgehead atoms. The molecule has 4 rings (SSSR count). The van der Waals surface area contributed by atoms with E-state index in [9.17, 15) is 9.50 Å². The van der Waals surface area contributed by atoms with E-state index in [4.69, 9.17) is 4.52 Å². The van der Waals surface area contributed by atoms with Crippen molar-refractivity contribution < 1.29 is 14.0 Å². The highest BCUT2D eigenvalue weighted by Crippen LogP contribution is 2.25. The first-order valence-corrected chi connectivity index (χ1v) is 7.45. The summed E-state index contributed by atoms with van der Waals surface area (Å²) in [5.74, 6) is -1.48. The van der Waals surface area contributed by atoms with Crippen molar-refractivity contribution >= 4 is 0 Å². The van der Waals surface area contributed by atoms with E-state index in [1.54, 1.807) is 16.8 Å². The van der Waals surface area contributed by atoms with Gasteiger partial charge in [-0.05, 0) is 11.6 Å². The summed E-state index contributed by atoms with van der Waals surface area (Å²) in [5, 5.41) is 17.9. The predicted molar refractivity (Wildman–Crippen MR) is 85.9 cm³/mol. The van der Waals surface area contributed by atoms with Gasteiger partial charge in [0, 0.05) is 6.07 Å². The van der Waals surface area contributed by atoms with Gasteiger partial charge in [0.05, 0.1) is 18.4 Å². The van der Waals surface area contributed by atoms with Crippen LogP contribution in [0.25, 0.3) is 22.9 Å². The molecule has 0 unspecified atom stereocenters. The Bertz CT molecular complexity index is 999. The summed E-state index contributed by atoms with van der Waals surface area (Å²) in [6.07, 6.45) is 2.37. The molecule has 25 heavy (non-hydrogen) atoms. The van der Waals surface area contributed by atoms with Gasteiger partial charge in [0.2, 0.25) is 5.82 Å². The minimum atomic E-state index is -0.885. The quantitative estimate of drug-likeness (QED) is 0.616.